The quantitative estimate of drug-likeness (QED) is 0.891. The Balaban J connectivity index is 1.82. The van der Waals surface area contributed by atoms with Crippen LogP contribution in [0.15, 0.2) is 16.8 Å². The zero-order valence-corrected chi connectivity index (χ0v) is 11.8. The van der Waals surface area contributed by atoms with Gasteiger partial charge in [0.25, 0.3) is 0 Å². The van der Waals surface area contributed by atoms with E-state index in [9.17, 15) is 4.79 Å². The fourth-order valence-electron chi connectivity index (χ4n) is 3.28. The van der Waals surface area contributed by atoms with Crippen LogP contribution in [0.2, 0.25) is 0 Å². The average Bonchev–Trinajstić information content (AvgIpc) is 2.97. The van der Waals surface area contributed by atoms with Gasteiger partial charge in [-0.3, -0.25) is 10.1 Å². The largest absolute Gasteiger partial charge is 0.319 e. The topological polar surface area (TPSA) is 32.3 Å². The van der Waals surface area contributed by atoms with Gasteiger partial charge in [-0.2, -0.15) is 11.3 Å². The van der Waals surface area contributed by atoms with Crippen LogP contribution in [0.5, 0.6) is 0 Å². The number of rotatable bonds is 2. The van der Waals surface area contributed by atoms with Crippen LogP contribution < -0.4 is 5.32 Å². The molecule has 2 aliphatic rings. The summed E-state index contributed by atoms with van der Waals surface area (Å²) in [6.07, 6.45) is 3.59. The minimum Gasteiger partial charge on any atom is -0.319 e. The van der Waals surface area contributed by atoms with Crippen LogP contribution in [0.25, 0.3) is 0 Å². The third kappa shape index (κ3) is 2.08. The van der Waals surface area contributed by atoms with Gasteiger partial charge in [0.2, 0.25) is 5.91 Å². The summed E-state index contributed by atoms with van der Waals surface area (Å²) in [6, 6.07) is 2.53. The van der Waals surface area contributed by atoms with Crippen molar-refractivity contribution >= 4 is 17.2 Å². The Kier molecular flexibility index (Phi) is 2.94. The molecular weight excluding hydrogens is 244 g/mol. The van der Waals surface area contributed by atoms with Gasteiger partial charge in [-0.15, -0.1) is 0 Å². The summed E-state index contributed by atoms with van der Waals surface area (Å²) < 4.78 is 0. The van der Waals surface area contributed by atoms with Gasteiger partial charge in [-0.25, -0.2) is 0 Å². The molecule has 0 bridgehead atoms. The number of nitrogens with zero attached hydrogens (tertiary/aromatic N) is 1. The van der Waals surface area contributed by atoms with Crippen LogP contribution >= 0.6 is 11.3 Å². The first-order valence-corrected chi connectivity index (χ1v) is 7.58. The van der Waals surface area contributed by atoms with E-state index in [1.165, 1.54) is 12.0 Å². The number of carbonyl (C=O) groups is 1. The molecule has 2 heterocycles. The van der Waals surface area contributed by atoms with E-state index >= 15 is 0 Å². The molecule has 1 amide bonds. The molecule has 18 heavy (non-hydrogen) atoms. The van der Waals surface area contributed by atoms with Gasteiger partial charge in [0, 0.05) is 6.04 Å². The molecule has 1 aliphatic heterocycles. The van der Waals surface area contributed by atoms with Crippen LogP contribution in [-0.2, 0) is 4.79 Å². The lowest BCUT2D eigenvalue weighted by molar-refractivity contribution is -0.130. The maximum absolute atomic E-state index is 12.1. The summed E-state index contributed by atoms with van der Waals surface area (Å²) in [4.78, 5) is 14.2. The molecule has 2 atom stereocenters. The molecule has 3 nitrogen and oxygen atoms in total. The Morgan fingerprint density at radius 3 is 2.94 bits per heavy atom. The summed E-state index contributed by atoms with van der Waals surface area (Å²) in [5.41, 5.74) is 1.61. The maximum Gasteiger partial charge on any atom is 0.238 e. The van der Waals surface area contributed by atoms with Crippen molar-refractivity contribution in [2.24, 2.45) is 5.41 Å². The van der Waals surface area contributed by atoms with E-state index in [0.29, 0.717) is 18.0 Å². The van der Waals surface area contributed by atoms with Crippen molar-refractivity contribution in [2.45, 2.75) is 45.3 Å². The van der Waals surface area contributed by atoms with Crippen molar-refractivity contribution in [3.63, 3.8) is 0 Å². The smallest absolute Gasteiger partial charge is 0.238 e. The monoisotopic (exact) mass is 264 g/mol. The number of carbonyl (C=O) groups excluding carboxylic acids is 1. The molecule has 1 saturated heterocycles. The zero-order valence-electron chi connectivity index (χ0n) is 11.0. The predicted molar refractivity (Wildman–Crippen MR) is 73.3 cm³/mol. The second-order valence-electron chi connectivity index (χ2n) is 6.20. The fraction of sp³-hybridized carbons (Fsp3) is 0.643. The summed E-state index contributed by atoms with van der Waals surface area (Å²) >= 11 is 1.69. The maximum atomic E-state index is 12.1. The predicted octanol–water partition coefficient (Wildman–Crippen LogP) is 2.76. The molecule has 2 unspecified atom stereocenters. The molecule has 2 fully saturated rings. The molecule has 0 spiro atoms. The summed E-state index contributed by atoms with van der Waals surface area (Å²) in [7, 11) is 0. The van der Waals surface area contributed by atoms with Crippen LogP contribution in [0.3, 0.4) is 0 Å². The van der Waals surface area contributed by atoms with Gasteiger partial charge in [0.05, 0.1) is 6.54 Å². The highest BCUT2D eigenvalue weighted by Crippen LogP contribution is 2.42. The van der Waals surface area contributed by atoms with E-state index in [-0.39, 0.29) is 12.1 Å². The van der Waals surface area contributed by atoms with Gasteiger partial charge in [0.1, 0.15) is 6.17 Å². The summed E-state index contributed by atoms with van der Waals surface area (Å²) in [5, 5.41) is 7.57. The van der Waals surface area contributed by atoms with Gasteiger partial charge in [-0.05, 0) is 47.1 Å². The van der Waals surface area contributed by atoms with Crippen molar-refractivity contribution < 1.29 is 4.79 Å². The van der Waals surface area contributed by atoms with E-state index in [4.69, 9.17) is 0 Å². The Bertz CT molecular complexity index is 441. The molecule has 98 valence electrons. The van der Waals surface area contributed by atoms with Crippen molar-refractivity contribution in [1.29, 1.82) is 0 Å². The first-order chi connectivity index (χ1) is 8.57. The van der Waals surface area contributed by atoms with Crippen LogP contribution in [-0.4, -0.2) is 23.4 Å². The number of hydrogen-bond acceptors (Lipinski definition) is 3. The zero-order chi connectivity index (χ0) is 12.8. The normalized spacial score (nSPS) is 31.2. The molecule has 1 aliphatic carbocycles. The molecule has 0 radical (unpaired) electrons. The number of hydrogen-bond donors (Lipinski definition) is 1. The minimum atomic E-state index is 0.0997. The van der Waals surface area contributed by atoms with E-state index in [1.807, 2.05) is 0 Å². The lowest BCUT2D eigenvalue weighted by Crippen LogP contribution is -2.38. The van der Waals surface area contributed by atoms with E-state index < -0.39 is 0 Å². The van der Waals surface area contributed by atoms with Crippen LogP contribution in [0, 0.1) is 5.41 Å². The van der Waals surface area contributed by atoms with Crippen LogP contribution in [0.1, 0.15) is 44.8 Å². The SMILES string of the molecule is CC1(C)CCC(N2C(=O)CNC2c2ccsc2)C1. The van der Waals surface area contributed by atoms with Gasteiger partial charge in [0.15, 0.2) is 0 Å². The molecule has 1 aromatic rings. The molecule has 1 N–H and O–H groups in total. The molecule has 0 aromatic carbocycles. The van der Waals surface area contributed by atoms with Crippen molar-refractivity contribution in [1.82, 2.24) is 10.2 Å². The highest BCUT2D eigenvalue weighted by molar-refractivity contribution is 7.07. The van der Waals surface area contributed by atoms with Crippen LogP contribution in [0.4, 0.5) is 0 Å². The fourth-order valence-corrected chi connectivity index (χ4v) is 3.96. The lowest BCUT2D eigenvalue weighted by atomic mass is 9.91. The Hall–Kier alpha value is -0.870. The Morgan fingerprint density at radius 2 is 2.33 bits per heavy atom. The summed E-state index contributed by atoms with van der Waals surface area (Å²) in [5.74, 6) is 0.258. The molecular formula is C14H20N2OS. The van der Waals surface area contributed by atoms with Crippen molar-refractivity contribution in [3.05, 3.63) is 22.4 Å². The second kappa shape index (κ2) is 4.35. The van der Waals surface area contributed by atoms with Crippen molar-refractivity contribution in [2.75, 3.05) is 6.54 Å². The van der Waals surface area contributed by atoms with Gasteiger partial charge < -0.3 is 4.90 Å². The first kappa shape index (κ1) is 12.2. The highest BCUT2D eigenvalue weighted by Gasteiger charge is 2.42. The highest BCUT2D eigenvalue weighted by atomic mass is 32.1. The van der Waals surface area contributed by atoms with E-state index in [0.717, 1.165) is 12.8 Å². The van der Waals surface area contributed by atoms with Gasteiger partial charge >= 0.3 is 0 Å². The molecule has 1 saturated carbocycles. The van der Waals surface area contributed by atoms with Crippen molar-refractivity contribution in [3.8, 4) is 0 Å². The summed E-state index contributed by atoms with van der Waals surface area (Å²) in [6.45, 7) is 5.10. The standard InChI is InChI=1S/C14H20N2OS/c1-14(2)5-3-11(7-14)16-12(17)8-15-13(16)10-4-6-18-9-10/h4,6,9,11,13,15H,3,5,7-8H2,1-2H3. The molecule has 3 rings (SSSR count). The third-order valence-corrected chi connectivity index (χ3v) is 4.91. The number of nitrogens with one attached hydrogen (secondary N) is 1. The molecule has 4 heteroatoms. The van der Waals surface area contributed by atoms with E-state index in [2.05, 4.69) is 40.9 Å². The number of amides is 1. The first-order valence-electron chi connectivity index (χ1n) is 6.63. The Labute approximate surface area is 112 Å². The Morgan fingerprint density at radius 1 is 1.50 bits per heavy atom. The minimum absolute atomic E-state index is 0.0997. The van der Waals surface area contributed by atoms with E-state index in [1.54, 1.807) is 11.3 Å². The third-order valence-electron chi connectivity index (χ3n) is 4.21. The number of thiophene rings is 1. The second-order valence-corrected chi connectivity index (χ2v) is 6.98. The van der Waals surface area contributed by atoms with Gasteiger partial charge in [-0.1, -0.05) is 13.8 Å². The lowest BCUT2D eigenvalue weighted by Gasteiger charge is -2.31. The average molecular weight is 264 g/mol. The molecule has 1 aromatic heterocycles.